The molecule has 0 atom stereocenters. The quantitative estimate of drug-likeness (QED) is 0.828. The van der Waals surface area contributed by atoms with Crippen LogP contribution in [0.25, 0.3) is 0 Å². The summed E-state index contributed by atoms with van der Waals surface area (Å²) in [7, 11) is 0. The fraction of sp³-hybridized carbons (Fsp3) is 0.0714. The number of amides is 1. The molecular formula is C14H12BrFN2O. The fourth-order valence-electron chi connectivity index (χ4n) is 1.76. The van der Waals surface area contributed by atoms with Crippen LogP contribution >= 0.6 is 15.9 Å². The van der Waals surface area contributed by atoms with E-state index in [4.69, 9.17) is 5.73 Å². The maximum absolute atomic E-state index is 13.1. The van der Waals surface area contributed by atoms with Crippen molar-refractivity contribution in [3.63, 3.8) is 0 Å². The van der Waals surface area contributed by atoms with Crippen LogP contribution in [0.15, 0.2) is 40.9 Å². The molecule has 0 saturated carbocycles. The first-order valence-electron chi connectivity index (χ1n) is 5.60. The standard InChI is InChI=1S/C14H12BrFN2O/c1-8-5-10(15)7-12(17)13(8)18-14(19)9-3-2-4-11(16)6-9/h2-7H,17H2,1H3,(H,18,19). The van der Waals surface area contributed by atoms with Crippen LogP contribution in [-0.4, -0.2) is 5.91 Å². The molecular weight excluding hydrogens is 311 g/mol. The largest absolute Gasteiger partial charge is 0.397 e. The van der Waals surface area contributed by atoms with Gasteiger partial charge in [0.15, 0.2) is 0 Å². The summed E-state index contributed by atoms with van der Waals surface area (Å²) in [6.07, 6.45) is 0. The molecule has 0 radical (unpaired) electrons. The Morgan fingerprint density at radius 3 is 2.68 bits per heavy atom. The number of nitrogens with one attached hydrogen (secondary N) is 1. The summed E-state index contributed by atoms with van der Waals surface area (Å²) in [4.78, 5) is 12.0. The number of halogens is 2. The number of carbonyl (C=O) groups excluding carboxylic acids is 1. The van der Waals surface area contributed by atoms with Crippen molar-refractivity contribution in [1.29, 1.82) is 0 Å². The number of nitrogens with two attached hydrogens (primary N) is 1. The van der Waals surface area contributed by atoms with E-state index in [-0.39, 0.29) is 5.56 Å². The van der Waals surface area contributed by atoms with Crippen molar-refractivity contribution in [1.82, 2.24) is 0 Å². The zero-order valence-electron chi connectivity index (χ0n) is 10.2. The summed E-state index contributed by atoms with van der Waals surface area (Å²) in [6.45, 7) is 1.84. The summed E-state index contributed by atoms with van der Waals surface area (Å²) in [6, 6.07) is 9.05. The molecule has 0 fully saturated rings. The zero-order valence-corrected chi connectivity index (χ0v) is 11.8. The van der Waals surface area contributed by atoms with E-state index >= 15 is 0 Å². The monoisotopic (exact) mass is 322 g/mol. The first-order valence-corrected chi connectivity index (χ1v) is 6.39. The van der Waals surface area contributed by atoms with Crippen molar-refractivity contribution in [3.8, 4) is 0 Å². The second-order valence-electron chi connectivity index (χ2n) is 4.15. The number of nitrogen functional groups attached to an aromatic ring is 1. The van der Waals surface area contributed by atoms with Crippen molar-refractivity contribution in [2.45, 2.75) is 6.92 Å². The number of hydrogen-bond donors (Lipinski definition) is 2. The van der Waals surface area contributed by atoms with Crippen LogP contribution in [0.5, 0.6) is 0 Å². The molecule has 2 aromatic carbocycles. The minimum Gasteiger partial charge on any atom is -0.397 e. The topological polar surface area (TPSA) is 55.1 Å². The number of hydrogen-bond acceptors (Lipinski definition) is 2. The molecule has 98 valence electrons. The van der Waals surface area contributed by atoms with Gasteiger partial charge in [-0.1, -0.05) is 22.0 Å². The fourth-order valence-corrected chi connectivity index (χ4v) is 2.35. The van der Waals surface area contributed by atoms with Crippen LogP contribution in [0.4, 0.5) is 15.8 Å². The Morgan fingerprint density at radius 1 is 1.32 bits per heavy atom. The second-order valence-corrected chi connectivity index (χ2v) is 5.07. The molecule has 3 N–H and O–H groups in total. The molecule has 0 bridgehead atoms. The van der Waals surface area contributed by atoms with E-state index in [1.54, 1.807) is 12.1 Å². The Hall–Kier alpha value is -1.88. The molecule has 5 heteroatoms. The third-order valence-electron chi connectivity index (χ3n) is 2.66. The minimum atomic E-state index is -0.451. The highest BCUT2D eigenvalue weighted by molar-refractivity contribution is 9.10. The van der Waals surface area contributed by atoms with Crippen molar-refractivity contribution in [3.05, 3.63) is 57.8 Å². The number of anilines is 2. The Bertz CT molecular complexity index is 620. The van der Waals surface area contributed by atoms with Gasteiger partial charge in [0.1, 0.15) is 5.82 Å². The summed E-state index contributed by atoms with van der Waals surface area (Å²) in [5.41, 5.74) is 7.94. The number of aryl methyl sites for hydroxylation is 1. The first-order chi connectivity index (χ1) is 8.97. The lowest BCUT2D eigenvalue weighted by molar-refractivity contribution is 0.102. The van der Waals surface area contributed by atoms with Crippen molar-refractivity contribution >= 4 is 33.2 Å². The molecule has 0 aromatic heterocycles. The molecule has 0 aliphatic heterocycles. The number of rotatable bonds is 2. The summed E-state index contributed by atoms with van der Waals surface area (Å²) >= 11 is 3.33. The average Bonchev–Trinajstić information content (AvgIpc) is 2.33. The number of benzene rings is 2. The van der Waals surface area contributed by atoms with Crippen molar-refractivity contribution in [2.24, 2.45) is 0 Å². The van der Waals surface area contributed by atoms with Gasteiger partial charge in [0.25, 0.3) is 5.91 Å². The normalized spacial score (nSPS) is 10.3. The van der Waals surface area contributed by atoms with E-state index in [0.717, 1.165) is 10.0 Å². The van der Waals surface area contributed by atoms with E-state index in [2.05, 4.69) is 21.2 Å². The third-order valence-corrected chi connectivity index (χ3v) is 3.11. The van der Waals surface area contributed by atoms with E-state index < -0.39 is 11.7 Å². The van der Waals surface area contributed by atoms with E-state index in [9.17, 15) is 9.18 Å². The molecule has 0 aliphatic rings. The second kappa shape index (κ2) is 5.40. The molecule has 0 heterocycles. The van der Waals surface area contributed by atoms with Gasteiger partial charge in [0.05, 0.1) is 11.4 Å². The van der Waals surface area contributed by atoms with Gasteiger partial charge >= 0.3 is 0 Å². The van der Waals surface area contributed by atoms with Gasteiger partial charge in [-0.05, 0) is 42.8 Å². The lowest BCUT2D eigenvalue weighted by Crippen LogP contribution is -2.14. The Labute approximate surface area is 118 Å². The zero-order chi connectivity index (χ0) is 14.0. The van der Waals surface area contributed by atoms with E-state index in [1.165, 1.54) is 18.2 Å². The first kappa shape index (κ1) is 13.5. The predicted octanol–water partition coefficient (Wildman–Crippen LogP) is 3.73. The average molecular weight is 323 g/mol. The minimum absolute atomic E-state index is 0.252. The van der Waals surface area contributed by atoms with Gasteiger partial charge in [-0.2, -0.15) is 0 Å². The maximum Gasteiger partial charge on any atom is 0.255 e. The van der Waals surface area contributed by atoms with Crippen LogP contribution < -0.4 is 11.1 Å². The molecule has 0 saturated heterocycles. The van der Waals surface area contributed by atoms with Crippen LogP contribution in [0, 0.1) is 12.7 Å². The van der Waals surface area contributed by atoms with Crippen LogP contribution in [0.1, 0.15) is 15.9 Å². The summed E-state index contributed by atoms with van der Waals surface area (Å²) in [5, 5.41) is 2.70. The van der Waals surface area contributed by atoms with E-state index in [1.807, 2.05) is 13.0 Å². The lowest BCUT2D eigenvalue weighted by atomic mass is 10.1. The third kappa shape index (κ3) is 3.12. The summed E-state index contributed by atoms with van der Waals surface area (Å²) in [5.74, 6) is -0.843. The molecule has 0 aliphatic carbocycles. The van der Waals surface area contributed by atoms with Crippen LogP contribution in [0.2, 0.25) is 0 Å². The Kier molecular flexibility index (Phi) is 3.85. The highest BCUT2D eigenvalue weighted by Crippen LogP contribution is 2.28. The number of carbonyl (C=O) groups is 1. The van der Waals surface area contributed by atoms with Gasteiger partial charge in [-0.15, -0.1) is 0 Å². The van der Waals surface area contributed by atoms with Crippen LogP contribution in [-0.2, 0) is 0 Å². The van der Waals surface area contributed by atoms with Gasteiger partial charge in [0, 0.05) is 10.0 Å². The van der Waals surface area contributed by atoms with Gasteiger partial charge in [-0.25, -0.2) is 4.39 Å². The van der Waals surface area contributed by atoms with Gasteiger partial charge < -0.3 is 11.1 Å². The predicted molar refractivity (Wildman–Crippen MR) is 77.6 cm³/mol. The molecule has 3 nitrogen and oxygen atoms in total. The highest BCUT2D eigenvalue weighted by Gasteiger charge is 2.11. The van der Waals surface area contributed by atoms with Crippen molar-refractivity contribution in [2.75, 3.05) is 11.1 Å². The molecule has 0 unspecified atom stereocenters. The highest BCUT2D eigenvalue weighted by atomic mass is 79.9. The molecule has 19 heavy (non-hydrogen) atoms. The lowest BCUT2D eigenvalue weighted by Gasteiger charge is -2.12. The molecule has 1 amide bonds. The maximum atomic E-state index is 13.1. The van der Waals surface area contributed by atoms with Gasteiger partial charge in [-0.3, -0.25) is 4.79 Å². The molecule has 2 aromatic rings. The summed E-state index contributed by atoms with van der Waals surface area (Å²) < 4.78 is 13.9. The smallest absolute Gasteiger partial charge is 0.255 e. The SMILES string of the molecule is Cc1cc(Br)cc(N)c1NC(=O)c1cccc(F)c1. The van der Waals surface area contributed by atoms with Crippen molar-refractivity contribution < 1.29 is 9.18 Å². The Balaban J connectivity index is 2.29. The van der Waals surface area contributed by atoms with Crippen LogP contribution in [0.3, 0.4) is 0 Å². The molecule has 2 rings (SSSR count). The Morgan fingerprint density at radius 2 is 2.05 bits per heavy atom. The van der Waals surface area contributed by atoms with Gasteiger partial charge in [0.2, 0.25) is 0 Å². The van der Waals surface area contributed by atoms with E-state index in [0.29, 0.717) is 11.4 Å². The molecule has 0 spiro atoms.